The van der Waals surface area contributed by atoms with Gasteiger partial charge in [0.15, 0.2) is 0 Å². The van der Waals surface area contributed by atoms with E-state index in [9.17, 15) is 14.6 Å². The molecule has 2 N–H and O–H groups in total. The average Bonchev–Trinajstić information content (AvgIpc) is 2.97. The molecule has 0 heterocycles. The van der Waals surface area contributed by atoms with Gasteiger partial charge in [-0.2, -0.15) is 0 Å². The van der Waals surface area contributed by atoms with Crippen molar-refractivity contribution in [1.29, 1.82) is 0 Å². The van der Waals surface area contributed by atoms with Crippen LogP contribution in [0.1, 0.15) is 59.5 Å². The second-order valence-corrected chi connectivity index (χ2v) is 10.4. The third kappa shape index (κ3) is 7.24. The predicted octanol–water partition coefficient (Wildman–Crippen LogP) is 7.96. The SMILES string of the molecule is O=C(c1ccc(Oc2ccccc2)cc1)N(Cc1ccc(C2CCCCC2)cc1)c1ccc(OP(O)O)cc1. The van der Waals surface area contributed by atoms with Crippen LogP contribution >= 0.6 is 8.60 Å². The Labute approximate surface area is 230 Å². The zero-order chi connectivity index (χ0) is 27.0. The molecule has 7 heteroatoms. The quantitative estimate of drug-likeness (QED) is 0.210. The van der Waals surface area contributed by atoms with Crippen molar-refractivity contribution in [2.24, 2.45) is 0 Å². The van der Waals surface area contributed by atoms with Crippen LogP contribution in [0.3, 0.4) is 0 Å². The third-order valence-corrected chi connectivity index (χ3v) is 7.43. The summed E-state index contributed by atoms with van der Waals surface area (Å²) in [6.45, 7) is 0.388. The van der Waals surface area contributed by atoms with Gasteiger partial charge in [-0.05, 0) is 90.6 Å². The summed E-state index contributed by atoms with van der Waals surface area (Å²) in [6, 6.07) is 32.0. The maximum absolute atomic E-state index is 13.8. The van der Waals surface area contributed by atoms with Crippen LogP contribution in [0.5, 0.6) is 17.2 Å². The number of para-hydroxylation sites is 1. The van der Waals surface area contributed by atoms with Crippen LogP contribution in [0, 0.1) is 0 Å². The number of anilines is 1. The van der Waals surface area contributed by atoms with Gasteiger partial charge in [-0.3, -0.25) is 4.79 Å². The first-order valence-electron chi connectivity index (χ1n) is 13.2. The van der Waals surface area contributed by atoms with E-state index < -0.39 is 8.60 Å². The maximum atomic E-state index is 13.8. The van der Waals surface area contributed by atoms with Gasteiger partial charge in [0, 0.05) is 11.3 Å². The van der Waals surface area contributed by atoms with Gasteiger partial charge in [0.25, 0.3) is 5.91 Å². The zero-order valence-corrected chi connectivity index (χ0v) is 22.5. The van der Waals surface area contributed by atoms with E-state index in [-0.39, 0.29) is 5.91 Å². The van der Waals surface area contributed by atoms with E-state index in [4.69, 9.17) is 9.26 Å². The molecule has 1 aliphatic carbocycles. The van der Waals surface area contributed by atoms with E-state index in [0.717, 1.165) is 11.3 Å². The molecule has 0 atom stereocenters. The summed E-state index contributed by atoms with van der Waals surface area (Å²) in [5.74, 6) is 2.16. The van der Waals surface area contributed by atoms with Crippen LogP contribution in [0.25, 0.3) is 0 Å². The van der Waals surface area contributed by atoms with Gasteiger partial charge >= 0.3 is 8.60 Å². The Hall–Kier alpha value is -3.70. The summed E-state index contributed by atoms with van der Waals surface area (Å²) >= 11 is 0. The van der Waals surface area contributed by atoms with Crippen molar-refractivity contribution < 1.29 is 23.8 Å². The fraction of sp³-hybridized carbons (Fsp3) is 0.219. The van der Waals surface area contributed by atoms with Gasteiger partial charge in [0.1, 0.15) is 17.2 Å². The maximum Gasteiger partial charge on any atom is 0.391 e. The summed E-state index contributed by atoms with van der Waals surface area (Å²) in [6.07, 6.45) is 6.39. The van der Waals surface area contributed by atoms with Crippen LogP contribution in [0.2, 0.25) is 0 Å². The molecule has 0 radical (unpaired) electrons. The molecule has 1 aliphatic rings. The van der Waals surface area contributed by atoms with Crippen LogP contribution in [0.4, 0.5) is 5.69 Å². The average molecular weight is 542 g/mol. The van der Waals surface area contributed by atoms with Gasteiger partial charge in [0.05, 0.1) is 6.54 Å². The van der Waals surface area contributed by atoms with Crippen LogP contribution in [0.15, 0.2) is 103 Å². The smallest absolute Gasteiger partial charge is 0.391 e. The molecule has 0 bridgehead atoms. The van der Waals surface area contributed by atoms with Crippen molar-refractivity contribution in [1.82, 2.24) is 0 Å². The summed E-state index contributed by atoms with van der Waals surface area (Å²) < 4.78 is 10.9. The topological polar surface area (TPSA) is 79.2 Å². The van der Waals surface area contributed by atoms with E-state index in [1.807, 2.05) is 30.3 Å². The molecule has 39 heavy (non-hydrogen) atoms. The van der Waals surface area contributed by atoms with Crippen LogP contribution < -0.4 is 14.2 Å². The first-order valence-corrected chi connectivity index (χ1v) is 14.4. The Balaban J connectivity index is 1.37. The van der Waals surface area contributed by atoms with E-state index in [2.05, 4.69) is 24.3 Å². The van der Waals surface area contributed by atoms with Gasteiger partial charge < -0.3 is 23.9 Å². The number of carbonyl (C=O) groups is 1. The molecule has 0 aromatic heterocycles. The second-order valence-electron chi connectivity index (χ2n) is 9.75. The van der Waals surface area contributed by atoms with E-state index in [0.29, 0.717) is 35.2 Å². The number of hydrogen-bond acceptors (Lipinski definition) is 5. The minimum Gasteiger partial charge on any atom is -0.457 e. The fourth-order valence-corrected chi connectivity index (χ4v) is 5.33. The van der Waals surface area contributed by atoms with Crippen LogP contribution in [-0.2, 0) is 6.54 Å². The van der Waals surface area contributed by atoms with Gasteiger partial charge in [0.2, 0.25) is 0 Å². The van der Waals surface area contributed by atoms with Crippen molar-refractivity contribution in [3.05, 3.63) is 120 Å². The van der Waals surface area contributed by atoms with Gasteiger partial charge in [-0.15, -0.1) is 0 Å². The summed E-state index contributed by atoms with van der Waals surface area (Å²) in [4.78, 5) is 33.8. The third-order valence-electron chi connectivity index (χ3n) is 7.06. The Morgan fingerprint density at radius 1 is 0.744 bits per heavy atom. The second kappa shape index (κ2) is 12.9. The monoisotopic (exact) mass is 541 g/mol. The Kier molecular flexibility index (Phi) is 8.89. The molecule has 5 rings (SSSR count). The molecule has 0 saturated heterocycles. The first-order chi connectivity index (χ1) is 19.0. The highest BCUT2D eigenvalue weighted by Gasteiger charge is 2.20. The van der Waals surface area contributed by atoms with Crippen molar-refractivity contribution in [3.8, 4) is 17.2 Å². The normalized spacial score (nSPS) is 13.7. The van der Waals surface area contributed by atoms with Gasteiger partial charge in [-0.25, -0.2) is 0 Å². The van der Waals surface area contributed by atoms with E-state index in [1.54, 1.807) is 53.4 Å². The van der Waals surface area contributed by atoms with Crippen molar-refractivity contribution >= 4 is 20.2 Å². The Bertz CT molecular complexity index is 1340. The molecule has 4 aromatic carbocycles. The van der Waals surface area contributed by atoms with E-state index >= 15 is 0 Å². The standard InChI is InChI=1S/C32H32NO5P/c34-32(27-15-19-30(20-16-27)37-29-9-5-2-6-10-29)33(28-17-21-31(22-18-28)38-39(35)36)23-24-11-13-26(14-12-24)25-7-3-1-4-8-25/h2,5-6,9-22,25,35-36H,1,3-4,7-8,23H2. The first kappa shape index (κ1) is 26.9. The van der Waals surface area contributed by atoms with Crippen LogP contribution in [-0.4, -0.2) is 15.7 Å². The highest BCUT2D eigenvalue weighted by molar-refractivity contribution is 7.39. The summed E-state index contributed by atoms with van der Waals surface area (Å²) in [7, 11) is -2.51. The fourth-order valence-electron chi connectivity index (χ4n) is 5.02. The number of carbonyl (C=O) groups excluding carboxylic acids is 1. The number of nitrogens with zero attached hydrogens (tertiary/aromatic N) is 1. The molecule has 200 valence electrons. The van der Waals surface area contributed by atoms with Crippen molar-refractivity contribution in [2.75, 3.05) is 4.90 Å². The molecule has 1 saturated carbocycles. The molecule has 0 unspecified atom stereocenters. The minimum atomic E-state index is -2.51. The highest BCUT2D eigenvalue weighted by Crippen LogP contribution is 2.34. The van der Waals surface area contributed by atoms with E-state index in [1.165, 1.54) is 37.7 Å². The van der Waals surface area contributed by atoms with Crippen molar-refractivity contribution in [3.63, 3.8) is 0 Å². The number of benzene rings is 4. The number of rotatable bonds is 9. The number of ether oxygens (including phenoxy) is 1. The molecule has 1 fully saturated rings. The molecular weight excluding hydrogens is 509 g/mol. The Morgan fingerprint density at radius 2 is 1.36 bits per heavy atom. The highest BCUT2D eigenvalue weighted by atomic mass is 31.2. The lowest BCUT2D eigenvalue weighted by molar-refractivity contribution is 0.0985. The van der Waals surface area contributed by atoms with Gasteiger partial charge in [-0.1, -0.05) is 61.7 Å². The predicted molar refractivity (Wildman–Crippen MR) is 154 cm³/mol. The lowest BCUT2D eigenvalue weighted by atomic mass is 9.84. The molecule has 1 amide bonds. The minimum absolute atomic E-state index is 0.155. The lowest BCUT2D eigenvalue weighted by Gasteiger charge is -2.25. The molecule has 6 nitrogen and oxygen atoms in total. The zero-order valence-electron chi connectivity index (χ0n) is 21.6. The van der Waals surface area contributed by atoms with Crippen molar-refractivity contribution in [2.45, 2.75) is 44.6 Å². The largest absolute Gasteiger partial charge is 0.457 e. The molecule has 0 spiro atoms. The number of hydrogen-bond donors (Lipinski definition) is 2. The Morgan fingerprint density at radius 3 is 2.00 bits per heavy atom. The molecule has 0 aliphatic heterocycles. The molecular formula is C32H32NO5P. The summed E-state index contributed by atoms with van der Waals surface area (Å²) in [5, 5.41) is 0. The summed E-state index contributed by atoms with van der Waals surface area (Å²) in [5.41, 5.74) is 3.61. The lowest BCUT2D eigenvalue weighted by Crippen LogP contribution is -2.30. The molecule has 4 aromatic rings. The number of amides is 1.